The molecule has 0 saturated carbocycles. The number of piperidine rings is 1. The zero-order valence-corrected chi connectivity index (χ0v) is 17.6. The van der Waals surface area contributed by atoms with Crippen LogP contribution in [-0.2, 0) is 14.8 Å². The van der Waals surface area contributed by atoms with E-state index in [4.69, 9.17) is 9.47 Å². The molecule has 1 heterocycles. The van der Waals surface area contributed by atoms with Gasteiger partial charge in [-0.1, -0.05) is 0 Å². The van der Waals surface area contributed by atoms with Gasteiger partial charge in [-0.25, -0.2) is 13.1 Å². The highest BCUT2D eigenvalue weighted by molar-refractivity contribution is 7.89. The average molecular weight is 399 g/mol. The molecule has 1 saturated heterocycles. The fourth-order valence-electron chi connectivity index (χ4n) is 3.15. The summed E-state index contributed by atoms with van der Waals surface area (Å²) in [6.45, 7) is 8.96. The van der Waals surface area contributed by atoms with Crippen molar-refractivity contribution >= 4 is 15.9 Å². The quantitative estimate of drug-likeness (QED) is 0.795. The van der Waals surface area contributed by atoms with Crippen LogP contribution in [0.2, 0.25) is 0 Å². The maximum Gasteiger partial charge on any atom is 0.253 e. The van der Waals surface area contributed by atoms with E-state index in [2.05, 4.69) is 4.72 Å². The van der Waals surface area contributed by atoms with Crippen LogP contribution in [0.1, 0.15) is 50.9 Å². The lowest BCUT2D eigenvalue weighted by atomic mass is 10.1. The van der Waals surface area contributed by atoms with Crippen molar-refractivity contribution in [1.82, 2.24) is 9.62 Å². The molecule has 0 spiro atoms. The maximum absolute atomic E-state index is 12.9. The molecule has 152 valence electrons. The molecule has 8 heteroatoms. The molecular formula is C19H30N2O5S. The number of nitrogens with one attached hydrogen (secondary N) is 1. The second kappa shape index (κ2) is 8.58. The zero-order chi connectivity index (χ0) is 20.2. The molecule has 7 nitrogen and oxygen atoms in total. The van der Waals surface area contributed by atoms with Crippen LogP contribution >= 0.6 is 0 Å². The molecule has 2 rings (SSSR count). The first-order valence-electron chi connectivity index (χ1n) is 9.20. The Labute approximate surface area is 162 Å². The van der Waals surface area contributed by atoms with E-state index in [0.717, 1.165) is 12.8 Å². The van der Waals surface area contributed by atoms with Crippen LogP contribution in [0.4, 0.5) is 0 Å². The molecule has 1 fully saturated rings. The van der Waals surface area contributed by atoms with Gasteiger partial charge < -0.3 is 14.4 Å². The molecule has 27 heavy (non-hydrogen) atoms. The summed E-state index contributed by atoms with van der Waals surface area (Å²) >= 11 is 0. The van der Waals surface area contributed by atoms with Crippen molar-refractivity contribution in [3.63, 3.8) is 0 Å². The highest BCUT2D eigenvalue weighted by Crippen LogP contribution is 2.27. The van der Waals surface area contributed by atoms with Gasteiger partial charge in [-0.15, -0.1) is 0 Å². The van der Waals surface area contributed by atoms with Gasteiger partial charge in [0.1, 0.15) is 10.6 Å². The lowest BCUT2D eigenvalue weighted by molar-refractivity contribution is 0.00723. The Kier molecular flexibility index (Phi) is 6.88. The number of benzene rings is 1. The van der Waals surface area contributed by atoms with E-state index in [-0.39, 0.29) is 22.7 Å². The van der Waals surface area contributed by atoms with Gasteiger partial charge in [0.05, 0.1) is 13.2 Å². The lowest BCUT2D eigenvalue weighted by Crippen LogP contribution is -2.43. The summed E-state index contributed by atoms with van der Waals surface area (Å²) in [5, 5.41) is 0. The second-order valence-corrected chi connectivity index (χ2v) is 9.34. The molecular weight excluding hydrogens is 368 g/mol. The van der Waals surface area contributed by atoms with Crippen LogP contribution in [-0.4, -0.2) is 57.7 Å². The Morgan fingerprint density at radius 3 is 2.63 bits per heavy atom. The minimum absolute atomic E-state index is 0.0247. The first kappa shape index (κ1) is 21.7. The normalized spacial score (nSPS) is 18.4. The number of nitrogens with zero attached hydrogens (tertiary/aromatic N) is 1. The van der Waals surface area contributed by atoms with Gasteiger partial charge in [0.2, 0.25) is 10.0 Å². The second-order valence-electron chi connectivity index (χ2n) is 7.69. The van der Waals surface area contributed by atoms with Crippen molar-refractivity contribution in [2.75, 3.05) is 26.8 Å². The molecule has 1 atom stereocenters. The van der Waals surface area contributed by atoms with Crippen LogP contribution in [0, 0.1) is 0 Å². The van der Waals surface area contributed by atoms with Gasteiger partial charge in [0.25, 0.3) is 5.91 Å². The number of likely N-dealkylation sites (tertiary alicyclic amines) is 1. The summed E-state index contributed by atoms with van der Waals surface area (Å²) in [6, 6.07) is 4.51. The molecule has 1 aromatic rings. The number of hydrogen-bond donors (Lipinski definition) is 1. The minimum atomic E-state index is -3.84. The van der Waals surface area contributed by atoms with E-state index in [1.165, 1.54) is 19.2 Å². The van der Waals surface area contributed by atoms with Crippen molar-refractivity contribution in [3.8, 4) is 5.75 Å². The van der Waals surface area contributed by atoms with Crippen molar-refractivity contribution < 1.29 is 22.7 Å². The summed E-state index contributed by atoms with van der Waals surface area (Å²) in [4.78, 5) is 14.6. The summed E-state index contributed by atoms with van der Waals surface area (Å²) in [7, 11) is -2.43. The Bertz CT molecular complexity index is 769. The van der Waals surface area contributed by atoms with Gasteiger partial charge in [0.15, 0.2) is 0 Å². The van der Waals surface area contributed by atoms with E-state index in [9.17, 15) is 13.2 Å². The standard InChI is InChI=1S/C19H30N2O5S/c1-6-26-15-8-7-11-21(13-15)18(22)14-9-10-16(25-5)17(12-14)27(23,24)20-19(2,3)4/h9-10,12,15,20H,6-8,11,13H2,1-5H3. The van der Waals surface area contributed by atoms with Crippen molar-refractivity contribution in [1.29, 1.82) is 0 Å². The van der Waals surface area contributed by atoms with Crippen LogP contribution < -0.4 is 9.46 Å². The Morgan fingerprint density at radius 1 is 1.33 bits per heavy atom. The Balaban J connectivity index is 2.32. The number of methoxy groups -OCH3 is 1. The maximum atomic E-state index is 12.9. The predicted octanol–water partition coefficient (Wildman–Crippen LogP) is 2.41. The van der Waals surface area contributed by atoms with Crippen molar-refractivity contribution in [2.24, 2.45) is 0 Å². The Morgan fingerprint density at radius 2 is 2.04 bits per heavy atom. The molecule has 1 amide bonds. The summed E-state index contributed by atoms with van der Waals surface area (Å²) < 4.78 is 39.0. The van der Waals surface area contributed by atoms with E-state index in [0.29, 0.717) is 25.3 Å². The van der Waals surface area contributed by atoms with E-state index >= 15 is 0 Å². The molecule has 0 radical (unpaired) electrons. The number of ether oxygens (including phenoxy) is 2. The fourth-order valence-corrected chi connectivity index (χ4v) is 4.77. The predicted molar refractivity (Wildman–Crippen MR) is 104 cm³/mol. The summed E-state index contributed by atoms with van der Waals surface area (Å²) in [5.74, 6) is 0.00315. The van der Waals surface area contributed by atoms with Gasteiger partial charge >= 0.3 is 0 Å². The first-order chi connectivity index (χ1) is 12.6. The number of rotatable bonds is 6. The third-order valence-corrected chi connectivity index (χ3v) is 5.99. The van der Waals surface area contributed by atoms with E-state index < -0.39 is 15.6 Å². The molecule has 0 aromatic heterocycles. The molecule has 1 aliphatic heterocycles. The van der Waals surface area contributed by atoms with Gasteiger partial charge in [0, 0.05) is 30.8 Å². The molecule has 1 unspecified atom stereocenters. The van der Waals surface area contributed by atoms with Crippen LogP contribution in [0.15, 0.2) is 23.1 Å². The van der Waals surface area contributed by atoms with E-state index in [1.54, 1.807) is 31.7 Å². The smallest absolute Gasteiger partial charge is 0.253 e. The molecule has 0 aliphatic carbocycles. The topological polar surface area (TPSA) is 84.9 Å². The van der Waals surface area contributed by atoms with Crippen molar-refractivity contribution in [3.05, 3.63) is 23.8 Å². The summed E-state index contributed by atoms with van der Waals surface area (Å²) in [5.41, 5.74) is -0.330. The van der Waals surface area contributed by atoms with Gasteiger partial charge in [-0.05, 0) is 58.7 Å². The molecule has 0 bridgehead atoms. The van der Waals surface area contributed by atoms with Gasteiger partial charge in [-0.3, -0.25) is 4.79 Å². The van der Waals surface area contributed by atoms with E-state index in [1.807, 2.05) is 6.92 Å². The Hall–Kier alpha value is -1.64. The molecule has 1 aromatic carbocycles. The monoisotopic (exact) mass is 398 g/mol. The number of hydrogen-bond acceptors (Lipinski definition) is 5. The minimum Gasteiger partial charge on any atom is -0.495 e. The highest BCUT2D eigenvalue weighted by Gasteiger charge is 2.29. The largest absolute Gasteiger partial charge is 0.495 e. The SMILES string of the molecule is CCOC1CCCN(C(=O)c2ccc(OC)c(S(=O)(=O)NC(C)(C)C)c2)C1. The number of sulfonamides is 1. The molecule has 1 aliphatic rings. The first-order valence-corrected chi connectivity index (χ1v) is 10.7. The van der Waals surface area contributed by atoms with Crippen molar-refractivity contribution in [2.45, 2.75) is 57.1 Å². The van der Waals surface area contributed by atoms with Gasteiger partial charge in [-0.2, -0.15) is 0 Å². The van der Waals surface area contributed by atoms with Crippen LogP contribution in [0.25, 0.3) is 0 Å². The molecule has 1 N–H and O–H groups in total. The summed E-state index contributed by atoms with van der Waals surface area (Å²) in [6.07, 6.45) is 1.82. The number of amides is 1. The lowest BCUT2D eigenvalue weighted by Gasteiger charge is -2.32. The number of carbonyl (C=O) groups excluding carboxylic acids is 1. The average Bonchev–Trinajstić information content (AvgIpc) is 2.59. The highest BCUT2D eigenvalue weighted by atomic mass is 32.2. The van der Waals surface area contributed by atoms with Crippen LogP contribution in [0.3, 0.4) is 0 Å². The third kappa shape index (κ3) is 5.67. The fraction of sp³-hybridized carbons (Fsp3) is 0.632. The van der Waals surface area contributed by atoms with Crippen LogP contribution in [0.5, 0.6) is 5.75 Å². The zero-order valence-electron chi connectivity index (χ0n) is 16.7. The number of carbonyl (C=O) groups is 1. The third-order valence-electron chi connectivity index (χ3n) is 4.21.